The van der Waals surface area contributed by atoms with E-state index in [2.05, 4.69) is 0 Å². The summed E-state index contributed by atoms with van der Waals surface area (Å²) in [7, 11) is 0. The number of hydrogen-bond donors (Lipinski definition) is 3. The second kappa shape index (κ2) is 5.24. The van der Waals surface area contributed by atoms with Gasteiger partial charge in [-0.1, -0.05) is 0 Å². The highest BCUT2D eigenvalue weighted by atomic mass is 16.5. The number of carbonyl (C=O) groups is 1. The fraction of sp³-hybridized carbons (Fsp3) is 0.417. The fourth-order valence-corrected chi connectivity index (χ4v) is 1.91. The predicted octanol–water partition coefficient (Wildman–Crippen LogP) is -0.103. The molecule has 1 aromatic carbocycles. The Morgan fingerprint density at radius 3 is 3.00 bits per heavy atom. The zero-order chi connectivity index (χ0) is 13.1. The first-order valence-corrected chi connectivity index (χ1v) is 5.74. The Bertz CT molecular complexity index is 450. The summed E-state index contributed by atoms with van der Waals surface area (Å²) in [5.41, 5.74) is 5.60. The first-order valence-electron chi connectivity index (χ1n) is 5.74. The van der Waals surface area contributed by atoms with Crippen LogP contribution in [0.2, 0.25) is 0 Å². The van der Waals surface area contributed by atoms with Gasteiger partial charge in [0, 0.05) is 19.6 Å². The Hall–Kier alpha value is -1.79. The molecule has 4 N–H and O–H groups in total. The fourth-order valence-electron chi connectivity index (χ4n) is 1.91. The Balaban J connectivity index is 2.17. The summed E-state index contributed by atoms with van der Waals surface area (Å²) in [5.74, 6) is -0.529. The number of rotatable bonds is 2. The number of amides is 1. The molecule has 18 heavy (non-hydrogen) atoms. The highest BCUT2D eigenvalue weighted by Gasteiger charge is 2.25. The number of hydrogen-bond acceptors (Lipinski definition) is 5. The van der Waals surface area contributed by atoms with E-state index >= 15 is 0 Å². The number of morpholine rings is 1. The molecule has 1 aliphatic rings. The number of phenolic OH excluding ortho intramolecular Hbond substituents is 2. The van der Waals surface area contributed by atoms with Gasteiger partial charge in [-0.2, -0.15) is 0 Å². The van der Waals surface area contributed by atoms with Crippen LogP contribution in [0.5, 0.6) is 11.5 Å². The van der Waals surface area contributed by atoms with Crippen molar-refractivity contribution in [2.75, 3.05) is 26.2 Å². The van der Waals surface area contributed by atoms with Crippen molar-refractivity contribution in [2.24, 2.45) is 5.73 Å². The van der Waals surface area contributed by atoms with Crippen molar-refractivity contribution in [3.05, 3.63) is 23.8 Å². The summed E-state index contributed by atoms with van der Waals surface area (Å²) in [6, 6.07) is 3.88. The molecule has 6 heteroatoms. The average molecular weight is 252 g/mol. The molecule has 0 radical (unpaired) electrons. The first-order chi connectivity index (χ1) is 8.61. The van der Waals surface area contributed by atoms with E-state index in [9.17, 15) is 15.0 Å². The van der Waals surface area contributed by atoms with Gasteiger partial charge in [-0.15, -0.1) is 0 Å². The number of nitrogens with two attached hydrogens (primary N) is 1. The van der Waals surface area contributed by atoms with Gasteiger partial charge in [-0.25, -0.2) is 0 Å². The number of benzene rings is 1. The minimum Gasteiger partial charge on any atom is -0.508 e. The molecule has 0 saturated carbocycles. The molecule has 1 aliphatic heterocycles. The summed E-state index contributed by atoms with van der Waals surface area (Å²) >= 11 is 0. The Morgan fingerprint density at radius 2 is 2.28 bits per heavy atom. The summed E-state index contributed by atoms with van der Waals surface area (Å²) < 4.78 is 5.37. The Morgan fingerprint density at radius 1 is 1.50 bits per heavy atom. The maximum absolute atomic E-state index is 12.2. The molecule has 0 bridgehead atoms. The molecule has 1 unspecified atom stereocenters. The van der Waals surface area contributed by atoms with Gasteiger partial charge >= 0.3 is 0 Å². The molecular formula is C12H16N2O4. The molecule has 1 saturated heterocycles. The summed E-state index contributed by atoms with van der Waals surface area (Å²) in [4.78, 5) is 13.8. The first kappa shape index (κ1) is 12.7. The van der Waals surface area contributed by atoms with Crippen molar-refractivity contribution < 1.29 is 19.7 Å². The van der Waals surface area contributed by atoms with Crippen molar-refractivity contribution in [3.63, 3.8) is 0 Å². The minimum absolute atomic E-state index is 0.0558. The van der Waals surface area contributed by atoms with Crippen molar-refractivity contribution in [3.8, 4) is 11.5 Å². The van der Waals surface area contributed by atoms with E-state index in [0.717, 1.165) is 0 Å². The van der Waals surface area contributed by atoms with Crippen LogP contribution in [0.3, 0.4) is 0 Å². The Labute approximate surface area is 105 Å². The van der Waals surface area contributed by atoms with Crippen molar-refractivity contribution in [1.82, 2.24) is 4.90 Å². The molecular weight excluding hydrogens is 236 g/mol. The van der Waals surface area contributed by atoms with Crippen LogP contribution in [0, 0.1) is 0 Å². The van der Waals surface area contributed by atoms with Crippen LogP contribution in [-0.4, -0.2) is 53.4 Å². The molecule has 0 spiro atoms. The summed E-state index contributed by atoms with van der Waals surface area (Å²) in [5, 5.41) is 19.0. The largest absolute Gasteiger partial charge is 0.508 e. The highest BCUT2D eigenvalue weighted by molar-refractivity contribution is 5.97. The van der Waals surface area contributed by atoms with Gasteiger partial charge in [0.15, 0.2) is 0 Å². The van der Waals surface area contributed by atoms with E-state index in [4.69, 9.17) is 10.5 Å². The standard InChI is InChI=1S/C12H16N2O4/c13-6-9-7-14(3-4-18-9)12(17)10-5-8(15)1-2-11(10)16/h1-2,5,9,15-16H,3-4,6-7,13H2. The van der Waals surface area contributed by atoms with Gasteiger partial charge in [0.2, 0.25) is 0 Å². The average Bonchev–Trinajstić information content (AvgIpc) is 2.41. The zero-order valence-corrected chi connectivity index (χ0v) is 9.87. The third kappa shape index (κ3) is 2.55. The maximum atomic E-state index is 12.2. The van der Waals surface area contributed by atoms with Gasteiger partial charge in [-0.3, -0.25) is 4.79 Å². The van der Waals surface area contributed by atoms with Crippen molar-refractivity contribution in [1.29, 1.82) is 0 Å². The number of ether oxygens (including phenoxy) is 1. The lowest BCUT2D eigenvalue weighted by molar-refractivity contribution is -0.0168. The van der Waals surface area contributed by atoms with E-state index in [1.807, 2.05) is 0 Å². The number of nitrogens with zero attached hydrogens (tertiary/aromatic N) is 1. The summed E-state index contributed by atoms with van der Waals surface area (Å²) in [6.45, 7) is 1.61. The lowest BCUT2D eigenvalue weighted by Gasteiger charge is -2.32. The lowest BCUT2D eigenvalue weighted by atomic mass is 10.1. The molecule has 0 aromatic heterocycles. The van der Waals surface area contributed by atoms with Crippen LogP contribution in [0.15, 0.2) is 18.2 Å². The molecule has 1 amide bonds. The van der Waals surface area contributed by atoms with E-state index < -0.39 is 0 Å². The van der Waals surface area contributed by atoms with E-state index in [0.29, 0.717) is 26.2 Å². The molecule has 1 aromatic rings. The maximum Gasteiger partial charge on any atom is 0.257 e. The van der Waals surface area contributed by atoms with Gasteiger partial charge in [0.25, 0.3) is 5.91 Å². The Kier molecular flexibility index (Phi) is 3.69. The predicted molar refractivity (Wildman–Crippen MR) is 64.5 cm³/mol. The monoisotopic (exact) mass is 252 g/mol. The number of phenols is 2. The molecule has 0 aliphatic carbocycles. The molecule has 1 fully saturated rings. The molecule has 6 nitrogen and oxygen atoms in total. The van der Waals surface area contributed by atoms with Crippen LogP contribution in [0.4, 0.5) is 0 Å². The SMILES string of the molecule is NCC1CN(C(=O)c2cc(O)ccc2O)CCO1. The topological polar surface area (TPSA) is 96.0 Å². The normalized spacial score (nSPS) is 19.8. The smallest absolute Gasteiger partial charge is 0.257 e. The number of carbonyl (C=O) groups excluding carboxylic acids is 1. The van der Waals surface area contributed by atoms with Crippen molar-refractivity contribution >= 4 is 5.91 Å². The van der Waals surface area contributed by atoms with E-state index in [-0.39, 0.29) is 29.1 Å². The quantitative estimate of drug-likeness (QED) is 0.639. The van der Waals surface area contributed by atoms with Crippen LogP contribution >= 0.6 is 0 Å². The van der Waals surface area contributed by atoms with E-state index in [1.54, 1.807) is 4.90 Å². The van der Waals surface area contributed by atoms with E-state index in [1.165, 1.54) is 18.2 Å². The number of aromatic hydroxyl groups is 2. The van der Waals surface area contributed by atoms with Gasteiger partial charge in [0.1, 0.15) is 11.5 Å². The van der Waals surface area contributed by atoms with Gasteiger partial charge < -0.3 is 25.6 Å². The molecule has 1 atom stereocenters. The second-order valence-corrected chi connectivity index (χ2v) is 4.18. The minimum atomic E-state index is -0.329. The zero-order valence-electron chi connectivity index (χ0n) is 9.87. The third-order valence-electron chi connectivity index (χ3n) is 2.90. The van der Waals surface area contributed by atoms with Crippen LogP contribution in [-0.2, 0) is 4.74 Å². The molecule has 1 heterocycles. The second-order valence-electron chi connectivity index (χ2n) is 4.18. The molecule has 98 valence electrons. The van der Waals surface area contributed by atoms with Crippen LogP contribution < -0.4 is 5.73 Å². The molecule has 2 rings (SSSR count). The lowest BCUT2D eigenvalue weighted by Crippen LogP contribution is -2.48. The highest BCUT2D eigenvalue weighted by Crippen LogP contribution is 2.24. The van der Waals surface area contributed by atoms with Crippen LogP contribution in [0.25, 0.3) is 0 Å². The van der Waals surface area contributed by atoms with Gasteiger partial charge in [-0.05, 0) is 18.2 Å². The summed E-state index contributed by atoms with van der Waals surface area (Å²) in [6.07, 6.45) is -0.179. The third-order valence-corrected chi connectivity index (χ3v) is 2.90. The van der Waals surface area contributed by atoms with Crippen LogP contribution in [0.1, 0.15) is 10.4 Å². The van der Waals surface area contributed by atoms with Gasteiger partial charge in [0.05, 0.1) is 18.3 Å². The van der Waals surface area contributed by atoms with Crippen molar-refractivity contribution in [2.45, 2.75) is 6.10 Å².